The SMILES string of the molecule is CCOC(=O)C(Cn1nccc1C)(NC)c1ccccc1. The molecule has 1 aromatic heterocycles. The van der Waals surface area contributed by atoms with Crippen molar-refractivity contribution in [3.63, 3.8) is 0 Å². The topological polar surface area (TPSA) is 56.2 Å². The number of hydrogen-bond acceptors (Lipinski definition) is 4. The molecule has 0 fully saturated rings. The van der Waals surface area contributed by atoms with E-state index in [1.807, 2.05) is 50.2 Å². The van der Waals surface area contributed by atoms with Crippen LogP contribution in [0.1, 0.15) is 18.2 Å². The van der Waals surface area contributed by atoms with Gasteiger partial charge in [-0.2, -0.15) is 5.10 Å². The molecule has 1 heterocycles. The molecule has 5 nitrogen and oxygen atoms in total. The number of nitrogens with zero attached hydrogens (tertiary/aromatic N) is 2. The number of esters is 1. The van der Waals surface area contributed by atoms with Crippen molar-refractivity contribution in [1.29, 1.82) is 0 Å². The molecule has 0 aliphatic carbocycles. The van der Waals surface area contributed by atoms with Crippen LogP contribution in [0.3, 0.4) is 0 Å². The maximum Gasteiger partial charge on any atom is 0.332 e. The summed E-state index contributed by atoms with van der Waals surface area (Å²) >= 11 is 0. The van der Waals surface area contributed by atoms with E-state index in [2.05, 4.69) is 10.4 Å². The van der Waals surface area contributed by atoms with Crippen LogP contribution < -0.4 is 5.32 Å². The quantitative estimate of drug-likeness (QED) is 0.824. The Morgan fingerprint density at radius 1 is 1.33 bits per heavy atom. The lowest BCUT2D eigenvalue weighted by atomic mass is 9.89. The highest BCUT2D eigenvalue weighted by Crippen LogP contribution is 2.25. The number of ether oxygens (including phenoxy) is 1. The molecule has 0 radical (unpaired) electrons. The minimum atomic E-state index is -0.950. The number of nitrogens with one attached hydrogen (secondary N) is 1. The van der Waals surface area contributed by atoms with Crippen LogP contribution in [0.4, 0.5) is 0 Å². The highest BCUT2D eigenvalue weighted by atomic mass is 16.5. The Kier molecular flexibility index (Phi) is 4.75. The fourth-order valence-electron chi connectivity index (χ4n) is 2.37. The van der Waals surface area contributed by atoms with Gasteiger partial charge in [-0.05, 0) is 32.5 Å². The van der Waals surface area contributed by atoms with Crippen molar-refractivity contribution in [2.45, 2.75) is 25.9 Å². The summed E-state index contributed by atoms with van der Waals surface area (Å²) in [6.07, 6.45) is 1.73. The summed E-state index contributed by atoms with van der Waals surface area (Å²) in [7, 11) is 1.77. The third-order valence-corrected chi connectivity index (χ3v) is 3.63. The van der Waals surface area contributed by atoms with Gasteiger partial charge in [0.2, 0.25) is 0 Å². The Labute approximate surface area is 124 Å². The highest BCUT2D eigenvalue weighted by Gasteiger charge is 2.41. The number of carbonyl (C=O) groups excluding carboxylic acids is 1. The first-order valence-corrected chi connectivity index (χ1v) is 7.04. The number of aryl methyl sites for hydroxylation is 1. The number of likely N-dealkylation sites (N-methyl/N-ethyl adjacent to an activating group) is 1. The first-order chi connectivity index (χ1) is 10.1. The first kappa shape index (κ1) is 15.3. The summed E-state index contributed by atoms with van der Waals surface area (Å²) in [5.74, 6) is -0.298. The molecule has 1 aromatic carbocycles. The lowest BCUT2D eigenvalue weighted by molar-refractivity contribution is -0.152. The molecule has 0 bridgehead atoms. The van der Waals surface area contributed by atoms with Crippen molar-refractivity contribution in [2.24, 2.45) is 0 Å². The maximum absolute atomic E-state index is 12.6. The molecule has 0 aliphatic rings. The van der Waals surface area contributed by atoms with Gasteiger partial charge in [-0.3, -0.25) is 10.00 Å². The monoisotopic (exact) mass is 287 g/mol. The molecule has 0 amide bonds. The Morgan fingerprint density at radius 3 is 2.57 bits per heavy atom. The predicted octanol–water partition coefficient (Wildman–Crippen LogP) is 1.87. The van der Waals surface area contributed by atoms with E-state index in [-0.39, 0.29) is 5.97 Å². The van der Waals surface area contributed by atoms with E-state index in [1.54, 1.807) is 17.9 Å². The van der Waals surface area contributed by atoms with Gasteiger partial charge in [0.05, 0.1) is 13.2 Å². The van der Waals surface area contributed by atoms with Crippen molar-refractivity contribution in [1.82, 2.24) is 15.1 Å². The molecule has 112 valence electrons. The number of hydrogen-bond donors (Lipinski definition) is 1. The van der Waals surface area contributed by atoms with Crippen molar-refractivity contribution in [3.05, 3.63) is 53.9 Å². The third-order valence-electron chi connectivity index (χ3n) is 3.63. The van der Waals surface area contributed by atoms with Gasteiger partial charge in [0.1, 0.15) is 0 Å². The zero-order valence-electron chi connectivity index (χ0n) is 12.7. The largest absolute Gasteiger partial charge is 0.464 e. The standard InChI is InChI=1S/C16H21N3O2/c1-4-21-15(20)16(17-3,14-8-6-5-7-9-14)12-19-13(2)10-11-18-19/h5-11,17H,4,12H2,1-3H3. The van der Waals surface area contributed by atoms with Gasteiger partial charge in [0.25, 0.3) is 0 Å². The second kappa shape index (κ2) is 6.54. The van der Waals surface area contributed by atoms with Crippen LogP contribution in [0.15, 0.2) is 42.6 Å². The Balaban J connectivity index is 2.47. The summed E-state index contributed by atoms with van der Waals surface area (Å²) in [5.41, 5.74) is 0.907. The smallest absolute Gasteiger partial charge is 0.332 e. The number of rotatable bonds is 6. The molecule has 1 unspecified atom stereocenters. The van der Waals surface area contributed by atoms with E-state index >= 15 is 0 Å². The molecule has 21 heavy (non-hydrogen) atoms. The third kappa shape index (κ3) is 2.97. The molecule has 2 rings (SSSR count). The number of benzene rings is 1. The van der Waals surface area contributed by atoms with Crippen molar-refractivity contribution in [3.8, 4) is 0 Å². The molecule has 0 saturated heterocycles. The van der Waals surface area contributed by atoms with Crippen LogP contribution in [0.25, 0.3) is 0 Å². The van der Waals surface area contributed by atoms with Gasteiger partial charge in [-0.1, -0.05) is 30.3 Å². The fourth-order valence-corrected chi connectivity index (χ4v) is 2.37. The van der Waals surface area contributed by atoms with Crippen LogP contribution in [0.2, 0.25) is 0 Å². The molecular formula is C16H21N3O2. The molecular weight excluding hydrogens is 266 g/mol. The molecule has 5 heteroatoms. The summed E-state index contributed by atoms with van der Waals surface area (Å²) in [5, 5.41) is 7.43. The lowest BCUT2D eigenvalue weighted by Crippen LogP contribution is -2.52. The van der Waals surface area contributed by atoms with Crippen LogP contribution >= 0.6 is 0 Å². The van der Waals surface area contributed by atoms with Crippen molar-refractivity contribution in [2.75, 3.05) is 13.7 Å². The van der Waals surface area contributed by atoms with Gasteiger partial charge < -0.3 is 4.74 Å². The van der Waals surface area contributed by atoms with E-state index in [9.17, 15) is 4.79 Å². The fraction of sp³-hybridized carbons (Fsp3) is 0.375. The second-order valence-electron chi connectivity index (χ2n) is 4.87. The van der Waals surface area contributed by atoms with Gasteiger partial charge in [-0.25, -0.2) is 4.79 Å². The minimum absolute atomic E-state index is 0.298. The second-order valence-corrected chi connectivity index (χ2v) is 4.87. The Bertz CT molecular complexity index is 595. The lowest BCUT2D eigenvalue weighted by Gasteiger charge is -2.32. The van der Waals surface area contributed by atoms with E-state index in [1.165, 1.54) is 0 Å². The number of carbonyl (C=O) groups is 1. The first-order valence-electron chi connectivity index (χ1n) is 7.04. The van der Waals surface area contributed by atoms with E-state index in [4.69, 9.17) is 4.74 Å². The average molecular weight is 287 g/mol. The van der Waals surface area contributed by atoms with Crippen molar-refractivity contribution >= 4 is 5.97 Å². The zero-order valence-corrected chi connectivity index (χ0v) is 12.7. The van der Waals surface area contributed by atoms with Gasteiger partial charge in [0.15, 0.2) is 5.54 Å². The average Bonchev–Trinajstić information content (AvgIpc) is 2.91. The molecule has 1 atom stereocenters. The maximum atomic E-state index is 12.6. The van der Waals surface area contributed by atoms with Gasteiger partial charge >= 0.3 is 5.97 Å². The van der Waals surface area contributed by atoms with Gasteiger partial charge in [-0.15, -0.1) is 0 Å². The van der Waals surface area contributed by atoms with Crippen LogP contribution in [0, 0.1) is 6.92 Å². The summed E-state index contributed by atoms with van der Waals surface area (Å²) in [6, 6.07) is 11.5. The molecule has 0 saturated carbocycles. The Hall–Kier alpha value is -2.14. The van der Waals surface area contributed by atoms with E-state index < -0.39 is 5.54 Å². The van der Waals surface area contributed by atoms with Crippen LogP contribution in [-0.2, 0) is 21.6 Å². The Morgan fingerprint density at radius 2 is 2.05 bits per heavy atom. The van der Waals surface area contributed by atoms with E-state index in [0.29, 0.717) is 13.2 Å². The summed E-state index contributed by atoms with van der Waals surface area (Å²) in [4.78, 5) is 12.6. The van der Waals surface area contributed by atoms with Gasteiger partial charge in [0, 0.05) is 11.9 Å². The number of aromatic nitrogens is 2. The molecule has 0 spiro atoms. The minimum Gasteiger partial charge on any atom is -0.464 e. The summed E-state index contributed by atoms with van der Waals surface area (Å²) < 4.78 is 7.10. The summed E-state index contributed by atoms with van der Waals surface area (Å²) in [6.45, 7) is 4.49. The zero-order chi connectivity index (χ0) is 15.3. The van der Waals surface area contributed by atoms with Crippen LogP contribution in [-0.4, -0.2) is 29.4 Å². The van der Waals surface area contributed by atoms with Crippen LogP contribution in [0.5, 0.6) is 0 Å². The predicted molar refractivity (Wildman–Crippen MR) is 80.8 cm³/mol. The molecule has 0 aliphatic heterocycles. The van der Waals surface area contributed by atoms with Crippen molar-refractivity contribution < 1.29 is 9.53 Å². The normalized spacial score (nSPS) is 13.7. The van der Waals surface area contributed by atoms with E-state index in [0.717, 1.165) is 11.3 Å². The molecule has 2 aromatic rings. The highest BCUT2D eigenvalue weighted by molar-refractivity contribution is 5.82. The molecule has 1 N–H and O–H groups in total.